The summed E-state index contributed by atoms with van der Waals surface area (Å²) in [5.41, 5.74) is 0. The van der Waals surface area contributed by atoms with Gasteiger partial charge in [0.1, 0.15) is 0 Å². The van der Waals surface area contributed by atoms with Crippen LogP contribution >= 0.6 is 0 Å². The Morgan fingerprint density at radius 3 is 2.50 bits per heavy atom. The van der Waals surface area contributed by atoms with E-state index < -0.39 is 0 Å². The zero-order chi connectivity index (χ0) is 12.0. The van der Waals surface area contributed by atoms with Crippen LogP contribution in [0.4, 0.5) is 0 Å². The Hall–Kier alpha value is -0.610. The minimum Gasteiger partial charge on any atom is -0.466 e. The highest BCUT2D eigenvalue weighted by Gasteiger charge is 2.25. The van der Waals surface area contributed by atoms with Crippen LogP contribution in [-0.2, 0) is 9.53 Å². The first-order chi connectivity index (χ1) is 7.63. The molecular formula is C12H24N2O2. The first-order valence-corrected chi connectivity index (χ1v) is 6.17. The standard InChI is InChI=1S/C12H24N2O2/c1-4-16-12(15)11-5-7-14(8-6-11)10-9-13(2)3/h11H,4-10H2,1-3H3. The number of carbonyl (C=O) groups is 1. The maximum absolute atomic E-state index is 11.5. The van der Waals surface area contributed by atoms with Crippen molar-refractivity contribution in [3.05, 3.63) is 0 Å². The van der Waals surface area contributed by atoms with Crippen molar-refractivity contribution in [1.29, 1.82) is 0 Å². The summed E-state index contributed by atoms with van der Waals surface area (Å²) >= 11 is 0. The number of esters is 1. The third-order valence-corrected chi connectivity index (χ3v) is 3.07. The number of hydrogen-bond acceptors (Lipinski definition) is 4. The average molecular weight is 228 g/mol. The highest BCUT2D eigenvalue weighted by molar-refractivity contribution is 5.72. The van der Waals surface area contributed by atoms with Gasteiger partial charge in [-0.2, -0.15) is 0 Å². The van der Waals surface area contributed by atoms with E-state index in [9.17, 15) is 4.79 Å². The van der Waals surface area contributed by atoms with Crippen LogP contribution in [0.1, 0.15) is 19.8 Å². The molecule has 1 rings (SSSR count). The molecule has 1 aliphatic rings. The van der Waals surface area contributed by atoms with E-state index in [0.29, 0.717) is 6.61 Å². The van der Waals surface area contributed by atoms with E-state index in [1.54, 1.807) is 0 Å². The van der Waals surface area contributed by atoms with Gasteiger partial charge in [0.2, 0.25) is 0 Å². The van der Waals surface area contributed by atoms with Crippen molar-refractivity contribution >= 4 is 5.97 Å². The van der Waals surface area contributed by atoms with Gasteiger partial charge in [-0.25, -0.2) is 0 Å². The van der Waals surface area contributed by atoms with E-state index >= 15 is 0 Å². The van der Waals surface area contributed by atoms with Crippen LogP contribution in [0, 0.1) is 5.92 Å². The van der Waals surface area contributed by atoms with Crippen LogP contribution in [-0.4, -0.2) is 62.7 Å². The van der Waals surface area contributed by atoms with E-state index in [1.165, 1.54) is 0 Å². The van der Waals surface area contributed by atoms with Crippen LogP contribution in [0.2, 0.25) is 0 Å². The quantitative estimate of drug-likeness (QED) is 0.652. The number of likely N-dealkylation sites (N-methyl/N-ethyl adjacent to an activating group) is 1. The lowest BCUT2D eigenvalue weighted by atomic mass is 9.97. The number of piperidine rings is 1. The SMILES string of the molecule is CCOC(=O)C1CCN(CCN(C)C)CC1. The van der Waals surface area contributed by atoms with E-state index in [0.717, 1.165) is 39.0 Å². The molecule has 0 spiro atoms. The van der Waals surface area contributed by atoms with Gasteiger partial charge in [-0.3, -0.25) is 4.79 Å². The molecule has 0 saturated carbocycles. The van der Waals surface area contributed by atoms with Gasteiger partial charge >= 0.3 is 5.97 Å². The van der Waals surface area contributed by atoms with Crippen LogP contribution in [0.25, 0.3) is 0 Å². The van der Waals surface area contributed by atoms with Gasteiger partial charge in [0.25, 0.3) is 0 Å². The van der Waals surface area contributed by atoms with Gasteiger partial charge in [-0.1, -0.05) is 0 Å². The molecule has 0 unspecified atom stereocenters. The van der Waals surface area contributed by atoms with Crippen molar-refractivity contribution in [1.82, 2.24) is 9.80 Å². The normalized spacial score (nSPS) is 19.0. The molecule has 0 aromatic rings. The third kappa shape index (κ3) is 4.49. The van der Waals surface area contributed by atoms with Crippen molar-refractivity contribution in [2.75, 3.05) is 46.9 Å². The van der Waals surface area contributed by atoms with Gasteiger partial charge in [0, 0.05) is 13.1 Å². The Kier molecular flexibility index (Phi) is 5.77. The van der Waals surface area contributed by atoms with Crippen LogP contribution in [0.5, 0.6) is 0 Å². The lowest BCUT2D eigenvalue weighted by Gasteiger charge is -2.31. The Bertz CT molecular complexity index is 211. The molecule has 0 aliphatic carbocycles. The minimum atomic E-state index is -0.00485. The van der Waals surface area contributed by atoms with Crippen LogP contribution < -0.4 is 0 Å². The molecule has 1 fully saturated rings. The molecule has 1 aliphatic heterocycles. The van der Waals surface area contributed by atoms with Crippen molar-refractivity contribution < 1.29 is 9.53 Å². The second-order valence-corrected chi connectivity index (χ2v) is 4.67. The Morgan fingerprint density at radius 2 is 2.00 bits per heavy atom. The smallest absolute Gasteiger partial charge is 0.309 e. The lowest BCUT2D eigenvalue weighted by Crippen LogP contribution is -2.40. The van der Waals surface area contributed by atoms with Crippen LogP contribution in [0.15, 0.2) is 0 Å². The number of likely N-dealkylation sites (tertiary alicyclic amines) is 1. The van der Waals surface area contributed by atoms with Crippen molar-refractivity contribution in [3.63, 3.8) is 0 Å². The Balaban J connectivity index is 2.20. The zero-order valence-corrected chi connectivity index (χ0v) is 10.7. The van der Waals surface area contributed by atoms with Gasteiger partial charge in [-0.15, -0.1) is 0 Å². The summed E-state index contributed by atoms with van der Waals surface area (Å²) in [5, 5.41) is 0. The molecule has 0 amide bonds. The highest BCUT2D eigenvalue weighted by Crippen LogP contribution is 2.18. The Morgan fingerprint density at radius 1 is 1.38 bits per heavy atom. The average Bonchev–Trinajstić information content (AvgIpc) is 2.27. The molecule has 0 N–H and O–H groups in total. The van der Waals surface area contributed by atoms with E-state index in [-0.39, 0.29) is 11.9 Å². The molecule has 16 heavy (non-hydrogen) atoms. The number of carbonyl (C=O) groups excluding carboxylic acids is 1. The summed E-state index contributed by atoms with van der Waals surface area (Å²) in [6.45, 7) is 6.60. The number of rotatable bonds is 5. The maximum atomic E-state index is 11.5. The molecule has 0 aromatic carbocycles. The minimum absolute atomic E-state index is 0.00485. The topological polar surface area (TPSA) is 32.8 Å². The molecule has 1 saturated heterocycles. The predicted molar refractivity (Wildman–Crippen MR) is 64.4 cm³/mol. The summed E-state index contributed by atoms with van der Waals surface area (Å²) in [5.74, 6) is 0.130. The first kappa shape index (κ1) is 13.5. The molecule has 0 atom stereocenters. The second-order valence-electron chi connectivity index (χ2n) is 4.67. The third-order valence-electron chi connectivity index (χ3n) is 3.07. The molecule has 1 heterocycles. The largest absolute Gasteiger partial charge is 0.466 e. The fourth-order valence-electron chi connectivity index (χ4n) is 1.99. The second kappa shape index (κ2) is 6.86. The molecule has 94 valence electrons. The summed E-state index contributed by atoms with van der Waals surface area (Å²) < 4.78 is 5.05. The van der Waals surface area contributed by atoms with Crippen molar-refractivity contribution in [2.24, 2.45) is 5.92 Å². The first-order valence-electron chi connectivity index (χ1n) is 6.17. The summed E-state index contributed by atoms with van der Waals surface area (Å²) in [6, 6.07) is 0. The van der Waals surface area contributed by atoms with Crippen molar-refractivity contribution in [2.45, 2.75) is 19.8 Å². The van der Waals surface area contributed by atoms with Gasteiger partial charge in [0.15, 0.2) is 0 Å². The fourth-order valence-corrected chi connectivity index (χ4v) is 1.99. The molecular weight excluding hydrogens is 204 g/mol. The van der Waals surface area contributed by atoms with Gasteiger partial charge in [-0.05, 0) is 47.0 Å². The molecule has 4 heteroatoms. The Labute approximate surface area is 98.5 Å². The molecule has 0 radical (unpaired) electrons. The summed E-state index contributed by atoms with van der Waals surface area (Å²) in [4.78, 5) is 16.1. The fraction of sp³-hybridized carbons (Fsp3) is 0.917. The lowest BCUT2D eigenvalue weighted by molar-refractivity contribution is -0.149. The predicted octanol–water partition coefficient (Wildman–Crippen LogP) is 0.823. The monoisotopic (exact) mass is 228 g/mol. The highest BCUT2D eigenvalue weighted by atomic mass is 16.5. The number of ether oxygens (including phenoxy) is 1. The van der Waals surface area contributed by atoms with Crippen LogP contribution in [0.3, 0.4) is 0 Å². The maximum Gasteiger partial charge on any atom is 0.309 e. The summed E-state index contributed by atoms with van der Waals surface area (Å²) in [7, 11) is 4.18. The number of nitrogens with zero attached hydrogens (tertiary/aromatic N) is 2. The zero-order valence-electron chi connectivity index (χ0n) is 10.7. The van der Waals surface area contributed by atoms with E-state index in [1.807, 2.05) is 6.92 Å². The van der Waals surface area contributed by atoms with Gasteiger partial charge in [0.05, 0.1) is 12.5 Å². The molecule has 4 nitrogen and oxygen atoms in total. The van der Waals surface area contributed by atoms with E-state index in [2.05, 4.69) is 23.9 Å². The van der Waals surface area contributed by atoms with E-state index in [4.69, 9.17) is 4.74 Å². The summed E-state index contributed by atoms with van der Waals surface area (Å²) in [6.07, 6.45) is 1.90. The molecule has 0 bridgehead atoms. The molecule has 0 aromatic heterocycles. The van der Waals surface area contributed by atoms with Gasteiger partial charge < -0.3 is 14.5 Å². The number of hydrogen-bond donors (Lipinski definition) is 0. The van der Waals surface area contributed by atoms with Crippen molar-refractivity contribution in [3.8, 4) is 0 Å².